The van der Waals surface area contributed by atoms with Crippen molar-refractivity contribution in [3.05, 3.63) is 101 Å². The molecule has 0 saturated carbocycles. The summed E-state index contributed by atoms with van der Waals surface area (Å²) in [7, 11) is 0. The predicted octanol–water partition coefficient (Wildman–Crippen LogP) is 5.93. The third kappa shape index (κ3) is 3.57. The monoisotopic (exact) mass is 436 g/mol. The summed E-state index contributed by atoms with van der Waals surface area (Å²) >= 11 is 4.79. The lowest BCUT2D eigenvalue weighted by atomic mass is 9.96. The van der Waals surface area contributed by atoms with E-state index in [1.807, 2.05) is 89.8 Å². The minimum Gasteiger partial charge on any atom is -0.312 e. The van der Waals surface area contributed by atoms with E-state index in [1.165, 1.54) is 11.8 Å². The Morgan fingerprint density at radius 3 is 2.11 bits per heavy atom. The van der Waals surface area contributed by atoms with Gasteiger partial charge in [-0.05, 0) is 29.8 Å². The van der Waals surface area contributed by atoms with Crippen molar-refractivity contribution in [2.24, 2.45) is 0 Å². The first-order valence-electron chi connectivity index (χ1n) is 8.59. The van der Waals surface area contributed by atoms with Gasteiger partial charge in [0.25, 0.3) is 0 Å². The van der Waals surface area contributed by atoms with Crippen LogP contribution in [0.5, 0.6) is 0 Å². The third-order valence-corrected chi connectivity index (χ3v) is 6.26. The van der Waals surface area contributed by atoms with Crippen LogP contribution in [0.15, 0.2) is 89.4 Å². The standard InChI is InChI=1S/C22H17BrN2OS/c23-17-11-13-18(14-12-17)25-19(15-7-3-1-4-8-15)21(27-22(25)24)20(26)16-9-5-2-6-10-16/h1-14,19,21,24H/t19-,21-/m1/s1. The van der Waals surface area contributed by atoms with Gasteiger partial charge >= 0.3 is 0 Å². The molecule has 1 heterocycles. The normalized spacial score (nSPS) is 19.3. The number of nitrogens with one attached hydrogen (secondary N) is 1. The number of Topliss-reactive ketones (excluding diaryl/α,β-unsaturated/α-hetero) is 1. The molecule has 0 amide bonds. The molecule has 0 aromatic heterocycles. The summed E-state index contributed by atoms with van der Waals surface area (Å²) in [5.74, 6) is 0.0545. The smallest absolute Gasteiger partial charge is 0.178 e. The van der Waals surface area contributed by atoms with Crippen molar-refractivity contribution in [3.63, 3.8) is 0 Å². The molecular weight excluding hydrogens is 420 g/mol. The first-order valence-corrected chi connectivity index (χ1v) is 10.3. The maximum absolute atomic E-state index is 13.3. The number of rotatable bonds is 4. The van der Waals surface area contributed by atoms with Crippen molar-refractivity contribution >= 4 is 44.3 Å². The average Bonchev–Trinajstić information content (AvgIpc) is 3.06. The molecule has 0 spiro atoms. The second kappa shape index (κ2) is 7.71. The number of amidine groups is 1. The first-order chi connectivity index (χ1) is 13.1. The predicted molar refractivity (Wildman–Crippen MR) is 116 cm³/mol. The SMILES string of the molecule is N=C1S[C@@H](C(=O)c2ccccc2)[C@@H](c2ccccc2)N1c1ccc(Br)cc1. The number of ketones is 1. The second-order valence-corrected chi connectivity index (χ2v) is 8.32. The Balaban J connectivity index is 1.78. The Hall–Kier alpha value is -2.37. The number of hydrogen-bond donors (Lipinski definition) is 1. The van der Waals surface area contributed by atoms with E-state index in [0.717, 1.165) is 15.7 Å². The summed E-state index contributed by atoms with van der Waals surface area (Å²) in [6, 6.07) is 27.0. The molecule has 134 valence electrons. The van der Waals surface area contributed by atoms with Gasteiger partial charge in [-0.2, -0.15) is 0 Å². The summed E-state index contributed by atoms with van der Waals surface area (Å²) in [6.07, 6.45) is 0. The summed E-state index contributed by atoms with van der Waals surface area (Å²) in [6.45, 7) is 0. The summed E-state index contributed by atoms with van der Waals surface area (Å²) in [4.78, 5) is 15.2. The first kappa shape index (κ1) is 18.0. The number of hydrogen-bond acceptors (Lipinski definition) is 3. The van der Waals surface area contributed by atoms with Gasteiger partial charge in [0.2, 0.25) is 0 Å². The number of carbonyl (C=O) groups excluding carboxylic acids is 1. The Bertz CT molecular complexity index is 961. The molecular formula is C22H17BrN2OS. The number of benzene rings is 3. The molecule has 1 aliphatic heterocycles. The molecule has 1 saturated heterocycles. The highest BCUT2D eigenvalue weighted by Gasteiger charge is 2.44. The number of nitrogens with zero attached hydrogens (tertiary/aromatic N) is 1. The van der Waals surface area contributed by atoms with E-state index in [9.17, 15) is 4.79 Å². The van der Waals surface area contributed by atoms with Crippen LogP contribution in [-0.4, -0.2) is 16.2 Å². The van der Waals surface area contributed by atoms with Crippen molar-refractivity contribution in [1.82, 2.24) is 0 Å². The fraction of sp³-hybridized carbons (Fsp3) is 0.0909. The summed E-state index contributed by atoms with van der Waals surface area (Å²) in [5.41, 5.74) is 2.62. The van der Waals surface area contributed by atoms with Crippen molar-refractivity contribution in [2.75, 3.05) is 4.90 Å². The third-order valence-electron chi connectivity index (χ3n) is 4.58. The summed E-state index contributed by atoms with van der Waals surface area (Å²) < 4.78 is 0.984. The lowest BCUT2D eigenvalue weighted by Crippen LogP contribution is -2.32. The van der Waals surface area contributed by atoms with Gasteiger partial charge in [0.15, 0.2) is 11.0 Å². The zero-order valence-corrected chi connectivity index (χ0v) is 16.8. The van der Waals surface area contributed by atoms with Gasteiger partial charge in [-0.1, -0.05) is 88.4 Å². The number of carbonyl (C=O) groups is 1. The highest BCUT2D eigenvalue weighted by molar-refractivity contribution is 9.10. The van der Waals surface area contributed by atoms with Gasteiger partial charge in [-0.3, -0.25) is 10.2 Å². The second-order valence-electron chi connectivity index (χ2n) is 6.28. The van der Waals surface area contributed by atoms with Gasteiger partial charge in [-0.15, -0.1) is 0 Å². The van der Waals surface area contributed by atoms with Crippen LogP contribution in [0, 0.1) is 5.41 Å². The quantitative estimate of drug-likeness (QED) is 0.515. The fourth-order valence-electron chi connectivity index (χ4n) is 3.32. The molecule has 0 aliphatic carbocycles. The lowest BCUT2D eigenvalue weighted by Gasteiger charge is -2.28. The van der Waals surface area contributed by atoms with E-state index in [0.29, 0.717) is 10.7 Å². The van der Waals surface area contributed by atoms with Crippen LogP contribution >= 0.6 is 27.7 Å². The van der Waals surface area contributed by atoms with E-state index < -0.39 is 0 Å². The van der Waals surface area contributed by atoms with Crippen LogP contribution < -0.4 is 4.90 Å². The van der Waals surface area contributed by atoms with Gasteiger partial charge < -0.3 is 4.90 Å². The zero-order valence-electron chi connectivity index (χ0n) is 14.4. The van der Waals surface area contributed by atoms with Crippen molar-refractivity contribution in [2.45, 2.75) is 11.3 Å². The van der Waals surface area contributed by atoms with Crippen molar-refractivity contribution in [3.8, 4) is 0 Å². The molecule has 3 aromatic carbocycles. The van der Waals surface area contributed by atoms with Crippen LogP contribution in [0.25, 0.3) is 0 Å². The van der Waals surface area contributed by atoms with E-state index in [4.69, 9.17) is 5.41 Å². The van der Waals surface area contributed by atoms with E-state index in [1.54, 1.807) is 0 Å². The molecule has 1 aliphatic rings. The molecule has 0 bridgehead atoms. The molecule has 1 fully saturated rings. The number of halogens is 1. The molecule has 27 heavy (non-hydrogen) atoms. The number of anilines is 1. The minimum atomic E-state index is -0.369. The Morgan fingerprint density at radius 1 is 0.889 bits per heavy atom. The molecule has 0 radical (unpaired) electrons. The van der Waals surface area contributed by atoms with Crippen molar-refractivity contribution < 1.29 is 4.79 Å². The van der Waals surface area contributed by atoms with Gasteiger partial charge in [0.1, 0.15) is 5.25 Å². The van der Waals surface area contributed by atoms with Crippen LogP contribution in [0.1, 0.15) is 22.0 Å². The van der Waals surface area contributed by atoms with Crippen LogP contribution in [0.3, 0.4) is 0 Å². The van der Waals surface area contributed by atoms with Crippen LogP contribution in [0.4, 0.5) is 5.69 Å². The molecule has 3 nitrogen and oxygen atoms in total. The molecule has 4 rings (SSSR count). The average molecular weight is 437 g/mol. The lowest BCUT2D eigenvalue weighted by molar-refractivity contribution is 0.0983. The van der Waals surface area contributed by atoms with E-state index in [2.05, 4.69) is 15.9 Å². The summed E-state index contributed by atoms with van der Waals surface area (Å²) in [5, 5.41) is 8.61. The Labute approximate surface area is 171 Å². The molecule has 5 heteroatoms. The number of thioether (sulfide) groups is 1. The Kier molecular flexibility index (Phi) is 5.14. The fourth-order valence-corrected chi connectivity index (χ4v) is 4.81. The largest absolute Gasteiger partial charge is 0.312 e. The van der Waals surface area contributed by atoms with Gasteiger partial charge in [-0.25, -0.2) is 0 Å². The highest BCUT2D eigenvalue weighted by Crippen LogP contribution is 2.45. The van der Waals surface area contributed by atoms with Crippen LogP contribution in [-0.2, 0) is 0 Å². The minimum absolute atomic E-state index is 0.0545. The van der Waals surface area contributed by atoms with Gasteiger partial charge in [0, 0.05) is 15.7 Å². The molecule has 3 aromatic rings. The van der Waals surface area contributed by atoms with Crippen LogP contribution in [0.2, 0.25) is 0 Å². The molecule has 1 N–H and O–H groups in total. The van der Waals surface area contributed by atoms with E-state index in [-0.39, 0.29) is 17.1 Å². The molecule has 2 atom stereocenters. The van der Waals surface area contributed by atoms with Crippen molar-refractivity contribution in [1.29, 1.82) is 5.41 Å². The maximum atomic E-state index is 13.3. The zero-order chi connectivity index (χ0) is 18.8. The highest BCUT2D eigenvalue weighted by atomic mass is 79.9. The van der Waals surface area contributed by atoms with Gasteiger partial charge in [0.05, 0.1) is 6.04 Å². The Morgan fingerprint density at radius 2 is 1.48 bits per heavy atom. The topological polar surface area (TPSA) is 44.2 Å². The maximum Gasteiger partial charge on any atom is 0.178 e. The van der Waals surface area contributed by atoms with E-state index >= 15 is 0 Å². The molecule has 0 unspecified atom stereocenters.